The molecule has 1 aromatic carbocycles. The number of hydrogen-bond acceptors (Lipinski definition) is 4. The minimum absolute atomic E-state index is 0.0805. The van der Waals surface area contributed by atoms with Crippen LogP contribution in [0.3, 0.4) is 0 Å². The van der Waals surface area contributed by atoms with E-state index in [1.54, 1.807) is 0 Å². The van der Waals surface area contributed by atoms with Gasteiger partial charge in [-0.3, -0.25) is 9.59 Å². The lowest BCUT2D eigenvalue weighted by Gasteiger charge is -2.29. The fourth-order valence-electron chi connectivity index (χ4n) is 1.87. The van der Waals surface area contributed by atoms with Gasteiger partial charge in [-0.05, 0) is 17.0 Å². The summed E-state index contributed by atoms with van der Waals surface area (Å²) in [6.07, 6.45) is 0. The van der Waals surface area contributed by atoms with Crippen LogP contribution >= 0.6 is 0 Å². The lowest BCUT2D eigenvalue weighted by molar-refractivity contribution is -0.136. The summed E-state index contributed by atoms with van der Waals surface area (Å²) in [5.41, 5.74) is 1.64. The van der Waals surface area contributed by atoms with Gasteiger partial charge in [0.2, 0.25) is 0 Å². The first-order valence-corrected chi connectivity index (χ1v) is 5.97. The number of para-hydroxylation sites is 1. The zero-order valence-electron chi connectivity index (χ0n) is 11.4. The van der Waals surface area contributed by atoms with Crippen molar-refractivity contribution in [2.24, 2.45) is 0 Å². The molecule has 0 aliphatic carbocycles. The number of nitrogens with zero attached hydrogens (tertiary/aromatic N) is 1. The van der Waals surface area contributed by atoms with Crippen LogP contribution in [0.2, 0.25) is 0 Å². The van der Waals surface area contributed by atoms with Gasteiger partial charge < -0.3 is 14.7 Å². The van der Waals surface area contributed by atoms with Gasteiger partial charge in [-0.2, -0.15) is 0 Å². The molecule has 19 heavy (non-hydrogen) atoms. The molecule has 1 rings (SSSR count). The van der Waals surface area contributed by atoms with Gasteiger partial charge in [-0.25, -0.2) is 0 Å². The van der Waals surface area contributed by atoms with Crippen LogP contribution in [0, 0.1) is 0 Å². The molecule has 1 N–H and O–H groups in total. The number of anilines is 1. The van der Waals surface area contributed by atoms with Crippen LogP contribution in [-0.2, 0) is 19.7 Å². The summed E-state index contributed by atoms with van der Waals surface area (Å²) in [7, 11) is 0. The molecule has 0 fully saturated rings. The normalized spacial score (nSPS) is 10.9. The maximum absolute atomic E-state index is 10.9. The van der Waals surface area contributed by atoms with Crippen molar-refractivity contribution in [1.82, 2.24) is 0 Å². The Morgan fingerprint density at radius 3 is 2.53 bits per heavy atom. The molecule has 0 bridgehead atoms. The molecule has 104 valence electrons. The third-order valence-corrected chi connectivity index (χ3v) is 2.68. The van der Waals surface area contributed by atoms with Crippen LogP contribution in [0.15, 0.2) is 24.3 Å². The third-order valence-electron chi connectivity index (χ3n) is 2.68. The minimum atomic E-state index is -0.974. The van der Waals surface area contributed by atoms with E-state index in [1.165, 1.54) is 4.90 Å². The van der Waals surface area contributed by atoms with Crippen molar-refractivity contribution in [1.29, 1.82) is 0 Å². The lowest BCUT2D eigenvalue weighted by Crippen LogP contribution is -2.33. The second kappa shape index (κ2) is 6.22. The molecule has 0 aliphatic heterocycles. The van der Waals surface area contributed by atoms with Gasteiger partial charge in [0.1, 0.15) is 6.54 Å². The van der Waals surface area contributed by atoms with Gasteiger partial charge in [0.15, 0.2) is 6.73 Å². The van der Waals surface area contributed by atoms with Crippen LogP contribution in [0.25, 0.3) is 0 Å². The van der Waals surface area contributed by atoms with E-state index in [2.05, 4.69) is 0 Å². The number of ether oxygens (including phenoxy) is 1. The van der Waals surface area contributed by atoms with Gasteiger partial charge in [0, 0.05) is 5.69 Å². The number of carboxylic acid groups (broad SMARTS) is 1. The highest BCUT2D eigenvalue weighted by atomic mass is 16.5. The summed E-state index contributed by atoms with van der Waals surface area (Å²) in [5.74, 6) is -0.974. The van der Waals surface area contributed by atoms with Crippen molar-refractivity contribution in [2.45, 2.75) is 26.2 Å². The molecular formula is C14H19NO4. The van der Waals surface area contributed by atoms with E-state index in [0.717, 1.165) is 11.3 Å². The predicted molar refractivity (Wildman–Crippen MR) is 72.1 cm³/mol. The summed E-state index contributed by atoms with van der Waals surface area (Å²) in [5, 5.41) is 8.95. The Kier molecular flexibility index (Phi) is 4.92. The Morgan fingerprint density at radius 1 is 1.37 bits per heavy atom. The maximum atomic E-state index is 10.9. The first kappa shape index (κ1) is 15.0. The summed E-state index contributed by atoms with van der Waals surface area (Å²) < 4.78 is 4.70. The van der Waals surface area contributed by atoms with Crippen molar-refractivity contribution in [3.05, 3.63) is 29.8 Å². The van der Waals surface area contributed by atoms with E-state index in [4.69, 9.17) is 9.84 Å². The van der Waals surface area contributed by atoms with Gasteiger partial charge in [-0.15, -0.1) is 0 Å². The SMILES string of the molecule is CC(C)(C)c1ccccc1N(COC=O)CC(=O)O. The first-order chi connectivity index (χ1) is 8.86. The topological polar surface area (TPSA) is 66.8 Å². The number of rotatable bonds is 6. The Morgan fingerprint density at radius 2 is 2.00 bits per heavy atom. The molecular weight excluding hydrogens is 246 g/mol. The smallest absolute Gasteiger partial charge is 0.323 e. The van der Waals surface area contributed by atoms with Crippen LogP contribution < -0.4 is 4.90 Å². The summed E-state index contributed by atoms with van der Waals surface area (Å²) >= 11 is 0. The van der Waals surface area contributed by atoms with Crippen molar-refractivity contribution in [3.63, 3.8) is 0 Å². The molecule has 0 unspecified atom stereocenters. The molecule has 0 heterocycles. The minimum Gasteiger partial charge on any atom is -0.480 e. The van der Waals surface area contributed by atoms with E-state index in [1.807, 2.05) is 45.0 Å². The number of aliphatic carboxylic acids is 1. The molecule has 0 radical (unpaired) electrons. The zero-order valence-corrected chi connectivity index (χ0v) is 11.4. The highest BCUT2D eigenvalue weighted by molar-refractivity contribution is 5.74. The van der Waals surface area contributed by atoms with Crippen molar-refractivity contribution in [2.75, 3.05) is 18.2 Å². The van der Waals surface area contributed by atoms with Gasteiger partial charge in [0.05, 0.1) is 0 Å². The number of carbonyl (C=O) groups is 2. The molecule has 0 saturated heterocycles. The number of benzene rings is 1. The highest BCUT2D eigenvalue weighted by Crippen LogP contribution is 2.31. The number of carboxylic acids is 1. The molecule has 5 nitrogen and oxygen atoms in total. The number of hydrogen-bond donors (Lipinski definition) is 1. The van der Waals surface area contributed by atoms with Gasteiger partial charge in [0.25, 0.3) is 6.47 Å². The fourth-order valence-corrected chi connectivity index (χ4v) is 1.87. The van der Waals surface area contributed by atoms with Gasteiger partial charge in [-0.1, -0.05) is 39.0 Å². The van der Waals surface area contributed by atoms with Crippen molar-refractivity contribution in [3.8, 4) is 0 Å². The molecule has 0 spiro atoms. The number of carbonyl (C=O) groups excluding carboxylic acids is 1. The van der Waals surface area contributed by atoms with Crippen LogP contribution in [0.1, 0.15) is 26.3 Å². The van der Waals surface area contributed by atoms with E-state index in [9.17, 15) is 9.59 Å². The quantitative estimate of drug-likeness (QED) is 0.629. The Hall–Kier alpha value is -2.04. The largest absolute Gasteiger partial charge is 0.480 e. The molecule has 0 aromatic heterocycles. The Balaban J connectivity index is 3.13. The van der Waals surface area contributed by atoms with Crippen molar-refractivity contribution >= 4 is 18.1 Å². The predicted octanol–water partition coefficient (Wildman–Crippen LogP) is 2.01. The third kappa shape index (κ3) is 4.28. The maximum Gasteiger partial charge on any atom is 0.323 e. The molecule has 0 atom stereocenters. The zero-order chi connectivity index (χ0) is 14.5. The first-order valence-electron chi connectivity index (χ1n) is 5.97. The molecule has 1 aromatic rings. The molecule has 0 aliphatic rings. The average Bonchev–Trinajstić information content (AvgIpc) is 2.33. The summed E-state index contributed by atoms with van der Waals surface area (Å²) in [6, 6.07) is 7.52. The Labute approximate surface area is 112 Å². The second-order valence-corrected chi connectivity index (χ2v) is 5.25. The monoisotopic (exact) mass is 265 g/mol. The Bertz CT molecular complexity index is 451. The van der Waals surface area contributed by atoms with E-state index in [0.29, 0.717) is 6.47 Å². The molecule has 5 heteroatoms. The van der Waals surface area contributed by atoms with Crippen molar-refractivity contribution < 1.29 is 19.4 Å². The summed E-state index contributed by atoms with van der Waals surface area (Å²) in [6.45, 7) is 6.15. The lowest BCUT2D eigenvalue weighted by atomic mass is 9.85. The molecule has 0 amide bonds. The fraction of sp³-hybridized carbons (Fsp3) is 0.429. The van der Waals surface area contributed by atoms with E-state index >= 15 is 0 Å². The van der Waals surface area contributed by atoms with Crippen LogP contribution in [0.5, 0.6) is 0 Å². The average molecular weight is 265 g/mol. The van der Waals surface area contributed by atoms with Crippen LogP contribution in [-0.4, -0.2) is 30.8 Å². The standard InChI is InChI=1S/C14H19NO4/c1-14(2,3)11-6-4-5-7-12(11)15(8-13(17)18)9-19-10-16/h4-7,10H,8-9H2,1-3H3,(H,17,18). The second-order valence-electron chi connectivity index (χ2n) is 5.25. The van der Waals surface area contributed by atoms with E-state index < -0.39 is 5.97 Å². The molecule has 0 saturated carbocycles. The van der Waals surface area contributed by atoms with Gasteiger partial charge >= 0.3 is 5.97 Å². The van der Waals surface area contributed by atoms with E-state index in [-0.39, 0.29) is 18.7 Å². The highest BCUT2D eigenvalue weighted by Gasteiger charge is 2.22. The van der Waals surface area contributed by atoms with Crippen LogP contribution in [0.4, 0.5) is 5.69 Å². The summed E-state index contributed by atoms with van der Waals surface area (Å²) in [4.78, 5) is 22.8.